The van der Waals surface area contributed by atoms with Gasteiger partial charge in [0.25, 0.3) is 11.8 Å². The summed E-state index contributed by atoms with van der Waals surface area (Å²) in [7, 11) is 1.58. The Morgan fingerprint density at radius 2 is 1.69 bits per heavy atom. The second kappa shape index (κ2) is 10.0. The van der Waals surface area contributed by atoms with Crippen molar-refractivity contribution in [2.45, 2.75) is 19.3 Å². The van der Waals surface area contributed by atoms with E-state index < -0.39 is 0 Å². The van der Waals surface area contributed by atoms with Gasteiger partial charge in [-0.05, 0) is 96.5 Å². The van der Waals surface area contributed by atoms with Crippen LogP contribution in [0.25, 0.3) is 0 Å². The number of likely N-dealkylation sites (tertiary alicyclic amines) is 1. The first-order chi connectivity index (χ1) is 14.0. The van der Waals surface area contributed by atoms with Crippen molar-refractivity contribution in [2.75, 3.05) is 25.5 Å². The summed E-state index contributed by atoms with van der Waals surface area (Å²) < 4.78 is 6.04. The molecule has 0 unspecified atom stereocenters. The molecular weight excluding hydrogens is 501 g/mol. The third kappa shape index (κ3) is 5.66. The zero-order chi connectivity index (χ0) is 20.8. The maximum Gasteiger partial charge on any atom is 0.257 e. The molecule has 1 saturated heterocycles. The number of hydrogen-bond acceptors (Lipinski definition) is 4. The number of nitrogens with one attached hydrogen (secondary N) is 2. The molecular formula is C21H22IN3O3S. The molecule has 1 fully saturated rings. The van der Waals surface area contributed by atoms with E-state index in [-0.39, 0.29) is 16.9 Å². The lowest BCUT2D eigenvalue weighted by molar-refractivity contribution is 0.0724. The number of hydrogen-bond donors (Lipinski definition) is 2. The Balaban J connectivity index is 1.57. The predicted octanol–water partition coefficient (Wildman–Crippen LogP) is 4.05. The molecule has 1 heterocycles. The van der Waals surface area contributed by atoms with Gasteiger partial charge < -0.3 is 15.0 Å². The average molecular weight is 523 g/mol. The highest BCUT2D eigenvalue weighted by Gasteiger charge is 2.18. The summed E-state index contributed by atoms with van der Waals surface area (Å²) in [5, 5.41) is 5.82. The number of ether oxygens (including phenoxy) is 1. The van der Waals surface area contributed by atoms with E-state index in [1.807, 2.05) is 4.90 Å². The highest BCUT2D eigenvalue weighted by atomic mass is 127. The lowest BCUT2D eigenvalue weighted by Gasteiger charge is -2.26. The third-order valence-electron chi connectivity index (χ3n) is 4.67. The van der Waals surface area contributed by atoms with Crippen LogP contribution in [0.1, 0.15) is 40.0 Å². The number of anilines is 1. The molecule has 2 N–H and O–H groups in total. The van der Waals surface area contributed by atoms with Crippen molar-refractivity contribution in [1.82, 2.24) is 10.2 Å². The van der Waals surface area contributed by atoms with Gasteiger partial charge in [0, 0.05) is 29.9 Å². The Bertz CT molecular complexity index is 912. The Morgan fingerprint density at radius 3 is 2.31 bits per heavy atom. The fourth-order valence-electron chi connectivity index (χ4n) is 3.12. The zero-order valence-electron chi connectivity index (χ0n) is 16.0. The van der Waals surface area contributed by atoms with Crippen LogP contribution in [0.2, 0.25) is 0 Å². The van der Waals surface area contributed by atoms with Crippen molar-refractivity contribution in [3.05, 3.63) is 57.2 Å². The quantitative estimate of drug-likeness (QED) is 0.468. The maximum atomic E-state index is 12.5. The molecule has 1 aliphatic heterocycles. The number of benzene rings is 2. The number of nitrogens with zero attached hydrogens (tertiary/aromatic N) is 1. The summed E-state index contributed by atoms with van der Waals surface area (Å²) in [6, 6.07) is 12.3. The first-order valence-electron chi connectivity index (χ1n) is 9.33. The van der Waals surface area contributed by atoms with Gasteiger partial charge in [-0.1, -0.05) is 0 Å². The number of halogens is 1. The van der Waals surface area contributed by atoms with E-state index in [0.717, 1.165) is 29.5 Å². The van der Waals surface area contributed by atoms with Gasteiger partial charge in [-0.25, -0.2) is 0 Å². The fourth-order valence-corrected chi connectivity index (χ4v) is 4.07. The van der Waals surface area contributed by atoms with Crippen molar-refractivity contribution in [1.29, 1.82) is 0 Å². The van der Waals surface area contributed by atoms with Gasteiger partial charge in [-0.15, -0.1) is 0 Å². The number of carbonyl (C=O) groups is 2. The van der Waals surface area contributed by atoms with E-state index in [0.29, 0.717) is 22.6 Å². The third-order valence-corrected chi connectivity index (χ3v) is 5.72. The van der Waals surface area contributed by atoms with Crippen molar-refractivity contribution in [3.63, 3.8) is 0 Å². The molecule has 0 radical (unpaired) electrons. The molecule has 0 bridgehead atoms. The van der Waals surface area contributed by atoms with Gasteiger partial charge in [0.05, 0.1) is 10.7 Å². The number of thiocarbonyl (C=S) groups is 1. The molecule has 0 aliphatic carbocycles. The molecule has 152 valence electrons. The van der Waals surface area contributed by atoms with Gasteiger partial charge in [0.15, 0.2) is 5.11 Å². The molecule has 0 saturated carbocycles. The number of carbonyl (C=O) groups excluding carboxylic acids is 2. The van der Waals surface area contributed by atoms with Crippen molar-refractivity contribution >= 4 is 57.4 Å². The minimum atomic E-state index is -0.306. The molecule has 1 aliphatic rings. The standard InChI is InChI=1S/C21H22IN3O3S/c1-28-18-10-7-15(13-17(18)22)19(26)24-21(29)23-16-8-5-14(6-9-16)20(27)25-11-3-2-4-12-25/h5-10,13H,2-4,11-12H2,1H3,(H2,23,24,26,29). The second-order valence-electron chi connectivity index (χ2n) is 6.69. The minimum absolute atomic E-state index is 0.0567. The van der Waals surface area contributed by atoms with Crippen molar-refractivity contribution < 1.29 is 14.3 Å². The van der Waals surface area contributed by atoms with Gasteiger partial charge in [0.2, 0.25) is 0 Å². The molecule has 0 spiro atoms. The van der Waals surface area contributed by atoms with E-state index in [1.165, 1.54) is 6.42 Å². The minimum Gasteiger partial charge on any atom is -0.496 e. The summed E-state index contributed by atoms with van der Waals surface area (Å²) >= 11 is 7.35. The van der Waals surface area contributed by atoms with Crippen LogP contribution in [-0.4, -0.2) is 42.0 Å². The molecule has 29 heavy (non-hydrogen) atoms. The van der Waals surface area contributed by atoms with Crippen LogP contribution in [0.5, 0.6) is 5.75 Å². The highest BCUT2D eigenvalue weighted by molar-refractivity contribution is 14.1. The average Bonchev–Trinajstić information content (AvgIpc) is 2.74. The molecule has 0 atom stereocenters. The van der Waals surface area contributed by atoms with Gasteiger partial charge in [-0.3, -0.25) is 14.9 Å². The van der Waals surface area contributed by atoms with Crippen LogP contribution >= 0.6 is 34.8 Å². The zero-order valence-corrected chi connectivity index (χ0v) is 19.0. The highest BCUT2D eigenvalue weighted by Crippen LogP contribution is 2.21. The van der Waals surface area contributed by atoms with E-state index in [2.05, 4.69) is 33.2 Å². The van der Waals surface area contributed by atoms with Crippen LogP contribution in [0.3, 0.4) is 0 Å². The van der Waals surface area contributed by atoms with Gasteiger partial charge in [-0.2, -0.15) is 0 Å². The number of amides is 2. The smallest absolute Gasteiger partial charge is 0.257 e. The summed E-state index contributed by atoms with van der Waals surface area (Å²) in [6.45, 7) is 1.64. The van der Waals surface area contributed by atoms with Gasteiger partial charge >= 0.3 is 0 Å². The monoisotopic (exact) mass is 523 g/mol. The summed E-state index contributed by atoms with van der Waals surface area (Å²) in [6.07, 6.45) is 3.31. The summed E-state index contributed by atoms with van der Waals surface area (Å²) in [5.41, 5.74) is 1.84. The number of piperidine rings is 1. The summed E-state index contributed by atoms with van der Waals surface area (Å²) in [4.78, 5) is 26.8. The molecule has 3 rings (SSSR count). The fraction of sp³-hybridized carbons (Fsp3) is 0.286. The molecule has 6 nitrogen and oxygen atoms in total. The molecule has 2 aromatic carbocycles. The topological polar surface area (TPSA) is 70.7 Å². The normalized spacial score (nSPS) is 13.5. The van der Waals surface area contributed by atoms with Crippen LogP contribution in [0.4, 0.5) is 5.69 Å². The molecule has 2 aromatic rings. The molecule has 0 aromatic heterocycles. The Hall–Kier alpha value is -2.20. The Morgan fingerprint density at radius 1 is 1.03 bits per heavy atom. The maximum absolute atomic E-state index is 12.5. The van der Waals surface area contributed by atoms with E-state index >= 15 is 0 Å². The van der Waals surface area contributed by atoms with Crippen LogP contribution < -0.4 is 15.4 Å². The summed E-state index contributed by atoms with van der Waals surface area (Å²) in [5.74, 6) is 0.461. The Kier molecular flexibility index (Phi) is 7.43. The molecule has 8 heteroatoms. The first kappa shape index (κ1) is 21.5. The number of rotatable bonds is 4. The SMILES string of the molecule is COc1ccc(C(=O)NC(=S)Nc2ccc(C(=O)N3CCCCC3)cc2)cc1I. The Labute approximate surface area is 189 Å². The lowest BCUT2D eigenvalue weighted by atomic mass is 10.1. The van der Waals surface area contributed by atoms with Gasteiger partial charge in [0.1, 0.15) is 5.75 Å². The van der Waals surface area contributed by atoms with Crippen LogP contribution in [0.15, 0.2) is 42.5 Å². The predicted molar refractivity (Wildman–Crippen MR) is 126 cm³/mol. The lowest BCUT2D eigenvalue weighted by Crippen LogP contribution is -2.35. The van der Waals surface area contributed by atoms with E-state index in [9.17, 15) is 9.59 Å². The van der Waals surface area contributed by atoms with E-state index in [4.69, 9.17) is 17.0 Å². The first-order valence-corrected chi connectivity index (χ1v) is 10.8. The largest absolute Gasteiger partial charge is 0.496 e. The van der Waals surface area contributed by atoms with Crippen molar-refractivity contribution in [3.8, 4) is 5.75 Å². The number of methoxy groups -OCH3 is 1. The van der Waals surface area contributed by atoms with Crippen LogP contribution in [-0.2, 0) is 0 Å². The second-order valence-corrected chi connectivity index (χ2v) is 8.26. The molecule has 2 amide bonds. The van der Waals surface area contributed by atoms with Crippen molar-refractivity contribution in [2.24, 2.45) is 0 Å². The van der Waals surface area contributed by atoms with Crippen LogP contribution in [0, 0.1) is 3.57 Å². The van der Waals surface area contributed by atoms with E-state index in [1.54, 1.807) is 49.6 Å².